The quantitative estimate of drug-likeness (QED) is 0.282. The van der Waals surface area contributed by atoms with Crippen molar-refractivity contribution in [1.29, 1.82) is 0 Å². The Balaban J connectivity index is 2.01. The Morgan fingerprint density at radius 3 is 2.72 bits per heavy atom. The molecule has 1 aliphatic rings. The summed E-state index contributed by atoms with van der Waals surface area (Å²) in [7, 11) is -11.4. The van der Waals surface area contributed by atoms with Crippen LogP contribution in [-0.2, 0) is 27.0 Å². The van der Waals surface area contributed by atoms with Gasteiger partial charge in [-0.25, -0.2) is 18.2 Å². The second-order valence-electron chi connectivity index (χ2n) is 5.68. The lowest BCUT2D eigenvalue weighted by atomic mass is 10.2. The first-order chi connectivity index (χ1) is 13.6. The maximum Gasteiger partial charge on any atom is 0.486 e. The lowest BCUT2D eigenvalue weighted by Gasteiger charge is -2.18. The summed E-state index contributed by atoms with van der Waals surface area (Å²) in [4.78, 5) is 53.0. The van der Waals surface area contributed by atoms with Crippen molar-refractivity contribution in [1.82, 2.24) is 9.55 Å². The second kappa shape index (κ2) is 10.3. The summed E-state index contributed by atoms with van der Waals surface area (Å²) in [5.74, 6) is 0. The van der Waals surface area contributed by atoms with Crippen LogP contribution < -0.4 is 17.0 Å². The van der Waals surface area contributed by atoms with Crippen LogP contribution in [0.1, 0.15) is 24.6 Å². The van der Waals surface area contributed by atoms with Crippen molar-refractivity contribution in [3.8, 4) is 0 Å². The summed E-state index contributed by atoms with van der Waals surface area (Å²) < 4.78 is 42.2. The van der Waals surface area contributed by atoms with E-state index in [9.17, 15) is 23.6 Å². The Kier molecular flexibility index (Phi) is 8.65. The van der Waals surface area contributed by atoms with Gasteiger partial charge in [0.2, 0.25) is 0 Å². The zero-order valence-electron chi connectivity index (χ0n) is 14.7. The maximum absolute atomic E-state index is 12.0. The lowest BCUT2D eigenvalue weighted by molar-refractivity contribution is -0.0243. The molecule has 0 spiro atoms. The molecule has 2 rings (SSSR count). The molecule has 1 aromatic heterocycles. The van der Waals surface area contributed by atoms with Gasteiger partial charge in [-0.05, 0) is 12.8 Å². The highest BCUT2D eigenvalue weighted by molar-refractivity contribution is 7.63. The Morgan fingerprint density at radius 1 is 1.34 bits per heavy atom. The fourth-order valence-electron chi connectivity index (χ4n) is 2.44. The van der Waals surface area contributed by atoms with Gasteiger partial charge in [0.1, 0.15) is 6.23 Å². The van der Waals surface area contributed by atoms with Gasteiger partial charge in [-0.15, -0.1) is 0 Å². The third-order valence-corrected chi connectivity index (χ3v) is 6.99. The molecule has 2 heterocycles. The Bertz CT molecular complexity index is 945. The van der Waals surface area contributed by atoms with Gasteiger partial charge in [0.05, 0.1) is 18.3 Å². The average molecular weight is 475 g/mol. The monoisotopic (exact) mass is 475 g/mol. The van der Waals surface area contributed by atoms with Crippen LogP contribution in [0.15, 0.2) is 21.9 Å². The zero-order valence-corrected chi connectivity index (χ0v) is 17.5. The summed E-state index contributed by atoms with van der Waals surface area (Å²) in [5, 5.41) is 0. The molecule has 0 aliphatic carbocycles. The predicted molar refractivity (Wildman–Crippen MR) is 101 cm³/mol. The van der Waals surface area contributed by atoms with E-state index in [1.165, 1.54) is 18.3 Å². The first-order valence-corrected chi connectivity index (χ1v) is 11.9. The highest BCUT2D eigenvalue weighted by Gasteiger charge is 2.37. The van der Waals surface area contributed by atoms with E-state index < -0.39 is 54.9 Å². The molecular formula is C12H20N3O11P3. The number of aromatic amines is 1. The number of phosphoric ester groups is 1. The van der Waals surface area contributed by atoms with Crippen molar-refractivity contribution in [3.63, 3.8) is 0 Å². The van der Waals surface area contributed by atoms with E-state index in [0.717, 1.165) is 4.57 Å². The summed E-state index contributed by atoms with van der Waals surface area (Å²) in [6.45, 7) is -0.296. The average Bonchev–Trinajstić information content (AvgIpc) is 3.07. The van der Waals surface area contributed by atoms with Crippen molar-refractivity contribution in [2.75, 3.05) is 13.2 Å². The van der Waals surface area contributed by atoms with E-state index in [2.05, 4.69) is 18.1 Å². The molecule has 1 aromatic rings. The molecule has 0 amide bonds. The molecule has 0 radical (unpaired) electrons. The van der Waals surface area contributed by atoms with Gasteiger partial charge in [-0.1, -0.05) is 12.2 Å². The molecule has 1 aliphatic heterocycles. The van der Waals surface area contributed by atoms with Crippen LogP contribution in [0, 0.1) is 0 Å². The van der Waals surface area contributed by atoms with Crippen LogP contribution in [0.2, 0.25) is 0 Å². The number of H-pyrrole nitrogens is 1. The minimum absolute atomic E-state index is 0.190. The highest BCUT2D eigenvalue weighted by atomic mass is 31.3. The van der Waals surface area contributed by atoms with Gasteiger partial charge in [0, 0.05) is 12.7 Å². The normalized spacial score (nSPS) is 24.3. The van der Waals surface area contributed by atoms with Crippen molar-refractivity contribution in [2.24, 2.45) is 5.73 Å². The van der Waals surface area contributed by atoms with E-state index in [0.29, 0.717) is 12.8 Å². The van der Waals surface area contributed by atoms with E-state index in [1.807, 2.05) is 0 Å². The number of hydrogen-bond donors (Lipinski definition) is 5. The number of rotatable bonds is 10. The number of aromatic nitrogens is 2. The molecular weight excluding hydrogens is 455 g/mol. The molecule has 17 heteroatoms. The van der Waals surface area contributed by atoms with Crippen molar-refractivity contribution >= 4 is 30.8 Å². The van der Waals surface area contributed by atoms with E-state index in [1.54, 1.807) is 0 Å². The Morgan fingerprint density at radius 2 is 2.07 bits per heavy atom. The zero-order chi connectivity index (χ0) is 21.7. The van der Waals surface area contributed by atoms with Crippen LogP contribution in [0.5, 0.6) is 0 Å². The summed E-state index contributed by atoms with van der Waals surface area (Å²) in [6.07, 6.45) is 3.40. The summed E-state index contributed by atoms with van der Waals surface area (Å²) in [5.41, 5.74) is 4.24. The molecule has 0 aromatic carbocycles. The topological polar surface area (TPSA) is 213 Å². The molecule has 29 heavy (non-hydrogen) atoms. The number of nitrogens with zero attached hydrogens (tertiary/aromatic N) is 1. The van der Waals surface area contributed by atoms with Crippen LogP contribution in [0.3, 0.4) is 0 Å². The number of ether oxygens (including phenoxy) is 1. The summed E-state index contributed by atoms with van der Waals surface area (Å²) in [6, 6.07) is 0. The van der Waals surface area contributed by atoms with Crippen LogP contribution >= 0.6 is 24.7 Å². The van der Waals surface area contributed by atoms with Crippen LogP contribution in [-0.4, -0.2) is 43.5 Å². The largest absolute Gasteiger partial charge is 0.486 e. The van der Waals surface area contributed by atoms with Crippen LogP contribution in [0.25, 0.3) is 6.08 Å². The smallest absolute Gasteiger partial charge is 0.352 e. The van der Waals surface area contributed by atoms with Gasteiger partial charge in [-0.2, -0.15) is 4.31 Å². The third-order valence-electron chi connectivity index (χ3n) is 3.61. The van der Waals surface area contributed by atoms with Gasteiger partial charge < -0.3 is 25.2 Å². The fourth-order valence-corrected chi connectivity index (χ4v) is 4.87. The van der Waals surface area contributed by atoms with Crippen molar-refractivity contribution < 1.29 is 41.7 Å². The first kappa shape index (κ1) is 24.3. The highest BCUT2D eigenvalue weighted by Crippen LogP contribution is 2.62. The SMILES string of the molecule is NC/C=C/c1cn([C@H]2CC[C@@H](COP(=O)(O)OP(=O)(O)OPO)O2)c(=O)[nH]c1=O. The molecule has 6 N–H and O–H groups in total. The number of phosphoric acid groups is 2. The Hall–Kier alpha value is -1.01. The van der Waals surface area contributed by atoms with Gasteiger partial charge in [-0.3, -0.25) is 18.9 Å². The molecule has 1 saturated heterocycles. The standard InChI is InChI=1S/C12H20N3O11P3/c13-5-1-2-8-6-15(12(17)14-11(8)16)10-4-3-9(24-10)7-23-28(19,20)26-29(21,22)25-27-18/h1-2,6,9-10,18,27H,3-5,7,13H2,(H,19,20)(H,21,22)(H,14,16,17)/b2-1+/t9-,10+/m0/s1. The van der Waals surface area contributed by atoms with E-state index in [-0.39, 0.29) is 12.1 Å². The Labute approximate surface area is 165 Å². The predicted octanol–water partition coefficient (Wildman–Crippen LogP) is -0.0625. The number of hydrogen-bond acceptors (Lipinski definition) is 10. The minimum atomic E-state index is -4.99. The third kappa shape index (κ3) is 7.32. The number of nitrogens with one attached hydrogen (secondary N) is 1. The molecule has 3 unspecified atom stereocenters. The summed E-state index contributed by atoms with van der Waals surface area (Å²) >= 11 is 0. The molecule has 0 saturated carbocycles. The molecule has 1 fully saturated rings. The van der Waals surface area contributed by atoms with Crippen molar-refractivity contribution in [3.05, 3.63) is 38.7 Å². The molecule has 0 bridgehead atoms. The first-order valence-electron chi connectivity index (χ1n) is 8.03. The minimum Gasteiger partial charge on any atom is -0.352 e. The van der Waals surface area contributed by atoms with E-state index in [4.69, 9.17) is 20.3 Å². The fraction of sp³-hybridized carbons (Fsp3) is 0.500. The molecule has 5 atom stereocenters. The lowest BCUT2D eigenvalue weighted by Crippen LogP contribution is -2.33. The van der Waals surface area contributed by atoms with E-state index >= 15 is 0 Å². The number of nitrogens with two attached hydrogens (primary N) is 1. The maximum atomic E-state index is 12.0. The van der Waals surface area contributed by atoms with Crippen molar-refractivity contribution in [2.45, 2.75) is 25.2 Å². The van der Waals surface area contributed by atoms with Gasteiger partial charge in [0.25, 0.3) is 5.56 Å². The van der Waals surface area contributed by atoms with Crippen LogP contribution in [0.4, 0.5) is 0 Å². The molecule has 164 valence electrons. The van der Waals surface area contributed by atoms with Gasteiger partial charge in [0.15, 0.2) is 9.03 Å². The van der Waals surface area contributed by atoms with Gasteiger partial charge >= 0.3 is 21.3 Å². The molecule has 14 nitrogen and oxygen atoms in total. The second-order valence-corrected chi connectivity index (χ2v) is 9.37.